The molecule has 0 aliphatic carbocycles. The van der Waals surface area contributed by atoms with Crippen molar-refractivity contribution in [2.45, 2.75) is 12.3 Å². The topological polar surface area (TPSA) is 23.8 Å². The second-order valence-electron chi connectivity index (χ2n) is 3.88. The maximum atomic E-state index is 8.94. The quantitative estimate of drug-likeness (QED) is 0.782. The van der Waals surface area contributed by atoms with E-state index in [2.05, 4.69) is 18.2 Å². The molecule has 2 aromatic rings. The number of benzene rings is 2. The van der Waals surface area contributed by atoms with Gasteiger partial charge in [0.1, 0.15) is 0 Å². The molecule has 0 saturated heterocycles. The highest BCUT2D eigenvalue weighted by atomic mass is 35.5. The molecule has 0 N–H and O–H groups in total. The van der Waals surface area contributed by atoms with Crippen molar-refractivity contribution in [1.29, 1.82) is 5.26 Å². The predicted octanol–water partition coefficient (Wildman–Crippen LogP) is 4.39. The number of rotatable bonds is 3. The molecule has 17 heavy (non-hydrogen) atoms. The van der Waals surface area contributed by atoms with Gasteiger partial charge in [0.15, 0.2) is 0 Å². The molecule has 0 aliphatic heterocycles. The van der Waals surface area contributed by atoms with Gasteiger partial charge in [-0.15, -0.1) is 0 Å². The molecule has 0 spiro atoms. The standard InChI is InChI=1S/C15H12ClN/c16-14-8-6-13(7-9-14)15(10-11-17)12-4-2-1-3-5-12/h1-9,15H,10H2. The predicted molar refractivity (Wildman–Crippen MR) is 70.0 cm³/mol. The van der Waals surface area contributed by atoms with Crippen molar-refractivity contribution in [3.05, 3.63) is 70.7 Å². The average molecular weight is 242 g/mol. The highest BCUT2D eigenvalue weighted by Gasteiger charge is 2.13. The Labute approximate surface area is 106 Å². The molecule has 0 heterocycles. The fourth-order valence-corrected chi connectivity index (χ4v) is 2.03. The van der Waals surface area contributed by atoms with Crippen LogP contribution < -0.4 is 0 Å². The minimum Gasteiger partial charge on any atom is -0.198 e. The van der Waals surface area contributed by atoms with Gasteiger partial charge in [-0.1, -0.05) is 54.1 Å². The van der Waals surface area contributed by atoms with Gasteiger partial charge >= 0.3 is 0 Å². The van der Waals surface area contributed by atoms with Crippen LogP contribution in [0.5, 0.6) is 0 Å². The van der Waals surface area contributed by atoms with E-state index in [0.717, 1.165) is 16.1 Å². The third-order valence-electron chi connectivity index (χ3n) is 2.77. The SMILES string of the molecule is N#CCC(c1ccccc1)c1ccc(Cl)cc1. The van der Waals surface area contributed by atoms with Crippen LogP contribution in [0.25, 0.3) is 0 Å². The van der Waals surface area contributed by atoms with Crippen LogP contribution in [-0.2, 0) is 0 Å². The van der Waals surface area contributed by atoms with Crippen molar-refractivity contribution < 1.29 is 0 Å². The van der Waals surface area contributed by atoms with Gasteiger partial charge in [0.05, 0.1) is 6.07 Å². The summed E-state index contributed by atoms with van der Waals surface area (Å²) in [6.45, 7) is 0. The monoisotopic (exact) mass is 241 g/mol. The minimum atomic E-state index is 0.124. The molecule has 0 radical (unpaired) electrons. The summed E-state index contributed by atoms with van der Waals surface area (Å²) >= 11 is 5.87. The van der Waals surface area contributed by atoms with Crippen LogP contribution in [0.4, 0.5) is 0 Å². The summed E-state index contributed by atoms with van der Waals surface area (Å²) in [5.74, 6) is 0.124. The lowest BCUT2D eigenvalue weighted by molar-refractivity contribution is 0.838. The van der Waals surface area contributed by atoms with Gasteiger partial charge in [0.2, 0.25) is 0 Å². The van der Waals surface area contributed by atoms with Gasteiger partial charge < -0.3 is 0 Å². The lowest BCUT2D eigenvalue weighted by Crippen LogP contribution is -1.99. The molecule has 0 amide bonds. The van der Waals surface area contributed by atoms with Crippen LogP contribution in [0.3, 0.4) is 0 Å². The van der Waals surface area contributed by atoms with Gasteiger partial charge in [-0.25, -0.2) is 0 Å². The number of halogens is 1. The zero-order valence-electron chi connectivity index (χ0n) is 9.31. The average Bonchev–Trinajstić information content (AvgIpc) is 2.38. The Kier molecular flexibility index (Phi) is 3.80. The molecule has 1 nitrogen and oxygen atoms in total. The van der Waals surface area contributed by atoms with Crippen LogP contribution in [0.15, 0.2) is 54.6 Å². The fourth-order valence-electron chi connectivity index (χ4n) is 1.90. The summed E-state index contributed by atoms with van der Waals surface area (Å²) in [4.78, 5) is 0. The van der Waals surface area contributed by atoms with E-state index >= 15 is 0 Å². The van der Waals surface area contributed by atoms with Crippen LogP contribution in [0.1, 0.15) is 23.5 Å². The lowest BCUT2D eigenvalue weighted by Gasteiger charge is -2.14. The molecule has 84 valence electrons. The highest BCUT2D eigenvalue weighted by Crippen LogP contribution is 2.28. The number of nitrogens with zero attached hydrogens (tertiary/aromatic N) is 1. The molecule has 1 atom stereocenters. The third kappa shape index (κ3) is 2.87. The molecule has 0 aromatic heterocycles. The van der Waals surface area contributed by atoms with Gasteiger partial charge in [-0.3, -0.25) is 0 Å². The van der Waals surface area contributed by atoms with E-state index in [1.54, 1.807) is 0 Å². The van der Waals surface area contributed by atoms with E-state index in [4.69, 9.17) is 16.9 Å². The minimum absolute atomic E-state index is 0.124. The first-order chi connectivity index (χ1) is 8.31. The molecule has 0 aliphatic rings. The zero-order chi connectivity index (χ0) is 12.1. The number of hydrogen-bond acceptors (Lipinski definition) is 1. The normalized spacial score (nSPS) is 11.8. The van der Waals surface area contributed by atoms with Crippen LogP contribution in [0.2, 0.25) is 5.02 Å². The van der Waals surface area contributed by atoms with Gasteiger partial charge in [0.25, 0.3) is 0 Å². The Morgan fingerprint density at radius 2 is 1.53 bits per heavy atom. The van der Waals surface area contributed by atoms with Crippen LogP contribution in [-0.4, -0.2) is 0 Å². The summed E-state index contributed by atoms with van der Waals surface area (Å²) in [5.41, 5.74) is 2.29. The molecule has 0 fully saturated rings. The summed E-state index contributed by atoms with van der Waals surface area (Å²) in [6.07, 6.45) is 0.478. The number of hydrogen-bond donors (Lipinski definition) is 0. The highest BCUT2D eigenvalue weighted by molar-refractivity contribution is 6.30. The van der Waals surface area contributed by atoms with Gasteiger partial charge in [0, 0.05) is 17.4 Å². The van der Waals surface area contributed by atoms with Gasteiger partial charge in [-0.05, 0) is 23.3 Å². The molecule has 0 bridgehead atoms. The van der Waals surface area contributed by atoms with E-state index < -0.39 is 0 Å². The molecule has 2 aromatic carbocycles. The first-order valence-corrected chi connectivity index (χ1v) is 5.86. The van der Waals surface area contributed by atoms with E-state index in [-0.39, 0.29) is 5.92 Å². The van der Waals surface area contributed by atoms with Crippen molar-refractivity contribution in [2.24, 2.45) is 0 Å². The first kappa shape index (κ1) is 11.7. The summed E-state index contributed by atoms with van der Waals surface area (Å²) in [5, 5.41) is 9.66. The zero-order valence-corrected chi connectivity index (χ0v) is 10.1. The Morgan fingerprint density at radius 3 is 2.12 bits per heavy atom. The fraction of sp³-hybridized carbons (Fsp3) is 0.133. The Balaban J connectivity index is 2.36. The number of nitriles is 1. The van der Waals surface area contributed by atoms with Crippen LogP contribution >= 0.6 is 11.6 Å². The van der Waals surface area contributed by atoms with E-state index in [1.807, 2.05) is 42.5 Å². The maximum Gasteiger partial charge on any atom is 0.0631 e. The van der Waals surface area contributed by atoms with Gasteiger partial charge in [-0.2, -0.15) is 5.26 Å². The molecule has 1 unspecified atom stereocenters. The largest absolute Gasteiger partial charge is 0.198 e. The molecule has 2 rings (SSSR count). The summed E-state index contributed by atoms with van der Waals surface area (Å²) < 4.78 is 0. The second kappa shape index (κ2) is 5.52. The van der Waals surface area contributed by atoms with Crippen molar-refractivity contribution in [3.63, 3.8) is 0 Å². The van der Waals surface area contributed by atoms with Crippen molar-refractivity contribution in [3.8, 4) is 6.07 Å². The molecular formula is C15H12ClN. The van der Waals surface area contributed by atoms with Crippen molar-refractivity contribution in [1.82, 2.24) is 0 Å². The Morgan fingerprint density at radius 1 is 0.941 bits per heavy atom. The lowest BCUT2D eigenvalue weighted by atomic mass is 9.89. The first-order valence-electron chi connectivity index (χ1n) is 5.48. The van der Waals surface area contributed by atoms with Crippen molar-refractivity contribution >= 4 is 11.6 Å². The van der Waals surface area contributed by atoms with E-state index in [9.17, 15) is 0 Å². The van der Waals surface area contributed by atoms with E-state index in [0.29, 0.717) is 6.42 Å². The third-order valence-corrected chi connectivity index (χ3v) is 3.02. The smallest absolute Gasteiger partial charge is 0.0631 e. The summed E-state index contributed by atoms with van der Waals surface area (Å²) in [7, 11) is 0. The second-order valence-corrected chi connectivity index (χ2v) is 4.31. The van der Waals surface area contributed by atoms with E-state index in [1.165, 1.54) is 0 Å². The van der Waals surface area contributed by atoms with Crippen LogP contribution in [0, 0.1) is 11.3 Å². The Hall–Kier alpha value is -1.78. The van der Waals surface area contributed by atoms with Crippen molar-refractivity contribution in [2.75, 3.05) is 0 Å². The summed E-state index contributed by atoms with van der Waals surface area (Å²) in [6, 6.07) is 20.0. The molecular weight excluding hydrogens is 230 g/mol. The maximum absolute atomic E-state index is 8.94. The molecule has 0 saturated carbocycles. The Bertz CT molecular complexity index is 511. The molecule has 2 heteroatoms.